The lowest BCUT2D eigenvalue weighted by molar-refractivity contribution is 0.109. The van der Waals surface area contributed by atoms with Gasteiger partial charge in [-0.3, -0.25) is 0 Å². The van der Waals surface area contributed by atoms with Gasteiger partial charge in [0.1, 0.15) is 17.7 Å². The summed E-state index contributed by atoms with van der Waals surface area (Å²) in [4.78, 5) is 6.50. The van der Waals surface area contributed by atoms with Crippen molar-refractivity contribution in [2.24, 2.45) is 0 Å². The molecule has 0 amide bonds. The third kappa shape index (κ3) is 5.66. The Hall–Kier alpha value is -2.83. The van der Waals surface area contributed by atoms with Gasteiger partial charge in [0.15, 0.2) is 0 Å². The molecule has 6 heteroatoms. The minimum atomic E-state index is 0. The Labute approximate surface area is 185 Å². The first kappa shape index (κ1) is 22.8. The van der Waals surface area contributed by atoms with E-state index in [1.165, 1.54) is 5.56 Å². The molecule has 4 rings (SSSR count). The molecule has 3 aromatic rings. The van der Waals surface area contributed by atoms with Crippen molar-refractivity contribution < 1.29 is 9.47 Å². The number of nitrogen functional groups attached to an aromatic ring is 1. The van der Waals surface area contributed by atoms with Gasteiger partial charge in [0, 0.05) is 55.6 Å². The number of nitrogens with zero attached hydrogens (tertiary/aromatic N) is 2. The molecule has 0 spiro atoms. The van der Waals surface area contributed by atoms with Gasteiger partial charge in [-0.1, -0.05) is 25.6 Å². The molecule has 1 saturated heterocycles. The summed E-state index contributed by atoms with van der Waals surface area (Å²) in [6, 6.07) is 14.5. The second-order valence-electron chi connectivity index (χ2n) is 7.98. The summed E-state index contributed by atoms with van der Waals surface area (Å²) in [5, 5.41) is 5.60. The van der Waals surface area contributed by atoms with Gasteiger partial charge >= 0.3 is 0 Å². The zero-order valence-corrected chi connectivity index (χ0v) is 17.7. The summed E-state index contributed by atoms with van der Waals surface area (Å²) in [6.45, 7) is 3.41. The molecule has 166 valence electrons. The summed E-state index contributed by atoms with van der Waals surface area (Å²) in [5.41, 5.74) is 9.26. The highest BCUT2D eigenvalue weighted by Gasteiger charge is 2.19. The van der Waals surface area contributed by atoms with Crippen LogP contribution in [0.3, 0.4) is 0 Å². The summed E-state index contributed by atoms with van der Waals surface area (Å²) < 4.78 is 11.8. The van der Waals surface area contributed by atoms with Gasteiger partial charge in [-0.15, -0.1) is 0 Å². The highest BCUT2D eigenvalue weighted by Crippen LogP contribution is 2.28. The number of anilines is 2. The van der Waals surface area contributed by atoms with Crippen LogP contribution in [0.4, 0.5) is 11.5 Å². The molecule has 31 heavy (non-hydrogen) atoms. The number of aromatic nitrogens is 1. The quantitative estimate of drug-likeness (QED) is 0.576. The summed E-state index contributed by atoms with van der Waals surface area (Å²) in [6.07, 6.45) is 4.10. The van der Waals surface area contributed by atoms with Crippen LogP contribution in [-0.2, 0) is 17.9 Å². The Bertz CT molecular complexity index is 1000. The maximum absolute atomic E-state index is 6.38. The van der Waals surface area contributed by atoms with Gasteiger partial charge in [-0.25, -0.2) is 4.98 Å². The number of hydrogen-bond acceptors (Lipinski definition) is 6. The SMILES string of the molecule is C.COCc1ccc(NCc2ccc3c(N)nccc3c2)cc1OC1CCN(C)CC1. The monoisotopic (exact) mass is 422 g/mol. The van der Waals surface area contributed by atoms with E-state index in [0.717, 1.165) is 60.2 Å². The van der Waals surface area contributed by atoms with Gasteiger partial charge in [0.2, 0.25) is 0 Å². The fourth-order valence-electron chi connectivity index (χ4n) is 3.90. The van der Waals surface area contributed by atoms with Crippen LogP contribution >= 0.6 is 0 Å². The van der Waals surface area contributed by atoms with Crippen molar-refractivity contribution in [1.82, 2.24) is 9.88 Å². The Balaban J connectivity index is 0.00000272. The van der Waals surface area contributed by atoms with Crippen LogP contribution in [-0.4, -0.2) is 43.2 Å². The van der Waals surface area contributed by atoms with E-state index in [2.05, 4.69) is 52.6 Å². The molecule has 0 bridgehead atoms. The van der Waals surface area contributed by atoms with Crippen LogP contribution in [0.2, 0.25) is 0 Å². The minimum absolute atomic E-state index is 0. The number of ether oxygens (including phenoxy) is 2. The molecule has 0 radical (unpaired) electrons. The average molecular weight is 423 g/mol. The second kappa shape index (κ2) is 10.5. The molecule has 3 N–H and O–H groups in total. The fraction of sp³-hybridized carbons (Fsp3) is 0.400. The number of likely N-dealkylation sites (tertiary alicyclic amines) is 1. The molecule has 1 aromatic heterocycles. The van der Waals surface area contributed by atoms with Crippen molar-refractivity contribution in [3.8, 4) is 5.75 Å². The molecule has 2 aromatic carbocycles. The van der Waals surface area contributed by atoms with Crippen LogP contribution < -0.4 is 15.8 Å². The first-order chi connectivity index (χ1) is 14.6. The molecule has 2 heterocycles. The maximum atomic E-state index is 6.38. The van der Waals surface area contributed by atoms with Crippen molar-refractivity contribution in [3.05, 3.63) is 59.8 Å². The summed E-state index contributed by atoms with van der Waals surface area (Å²) in [5.74, 6) is 1.48. The van der Waals surface area contributed by atoms with Crippen molar-refractivity contribution in [2.75, 3.05) is 38.3 Å². The fourth-order valence-corrected chi connectivity index (χ4v) is 3.90. The third-order valence-corrected chi connectivity index (χ3v) is 5.68. The number of nitrogens with one attached hydrogen (secondary N) is 1. The molecule has 1 aliphatic rings. The summed E-state index contributed by atoms with van der Waals surface area (Å²) >= 11 is 0. The standard InChI is InChI=1S/C24H30N4O2.CH4/c1-28-11-8-21(9-12-28)30-23-14-20(5-4-19(23)16-29-2)27-15-17-3-6-22-18(13-17)7-10-26-24(22)25;/h3-7,10,13-14,21,27H,8-9,11-12,15-16H2,1-2H3,(H2,25,26);1H4. The first-order valence-corrected chi connectivity index (χ1v) is 10.5. The number of benzene rings is 2. The number of pyridine rings is 1. The normalized spacial score (nSPS) is 14.9. The van der Waals surface area contributed by atoms with Crippen LogP contribution in [0.5, 0.6) is 5.75 Å². The number of methoxy groups -OCH3 is 1. The Morgan fingerprint density at radius 2 is 1.94 bits per heavy atom. The predicted molar refractivity (Wildman–Crippen MR) is 129 cm³/mol. The molecule has 0 atom stereocenters. The van der Waals surface area contributed by atoms with E-state index in [1.807, 2.05) is 12.1 Å². The van der Waals surface area contributed by atoms with E-state index in [1.54, 1.807) is 13.3 Å². The predicted octanol–water partition coefficient (Wildman–Crippen LogP) is 4.68. The molecule has 0 unspecified atom stereocenters. The van der Waals surface area contributed by atoms with Gasteiger partial charge in [0.25, 0.3) is 0 Å². The Kier molecular flexibility index (Phi) is 7.71. The molecular formula is C25H34N4O2. The average Bonchev–Trinajstić information content (AvgIpc) is 2.76. The van der Waals surface area contributed by atoms with Crippen LogP contribution in [0, 0.1) is 0 Å². The molecule has 0 aliphatic carbocycles. The number of rotatable bonds is 7. The first-order valence-electron chi connectivity index (χ1n) is 10.5. The van der Waals surface area contributed by atoms with Crippen LogP contribution in [0.25, 0.3) is 10.8 Å². The van der Waals surface area contributed by atoms with Crippen molar-refractivity contribution >= 4 is 22.3 Å². The second-order valence-corrected chi connectivity index (χ2v) is 7.98. The van der Waals surface area contributed by atoms with E-state index < -0.39 is 0 Å². The lowest BCUT2D eigenvalue weighted by Crippen LogP contribution is -2.35. The van der Waals surface area contributed by atoms with E-state index in [9.17, 15) is 0 Å². The number of hydrogen-bond donors (Lipinski definition) is 2. The Morgan fingerprint density at radius 1 is 1.13 bits per heavy atom. The lowest BCUT2D eigenvalue weighted by atomic mass is 10.1. The van der Waals surface area contributed by atoms with Gasteiger partial charge in [-0.05, 0) is 49.0 Å². The number of fused-ring (bicyclic) bond motifs is 1. The zero-order chi connectivity index (χ0) is 20.9. The van der Waals surface area contributed by atoms with E-state index in [0.29, 0.717) is 12.4 Å². The largest absolute Gasteiger partial charge is 0.490 e. The smallest absolute Gasteiger partial charge is 0.131 e. The van der Waals surface area contributed by atoms with Gasteiger partial charge in [0.05, 0.1) is 6.61 Å². The number of piperidine rings is 1. The molecule has 1 fully saturated rings. The molecule has 1 aliphatic heterocycles. The molecule has 6 nitrogen and oxygen atoms in total. The molecular weight excluding hydrogens is 388 g/mol. The van der Waals surface area contributed by atoms with E-state index in [4.69, 9.17) is 15.2 Å². The van der Waals surface area contributed by atoms with Gasteiger partial charge < -0.3 is 25.4 Å². The summed E-state index contributed by atoms with van der Waals surface area (Å²) in [7, 11) is 3.88. The molecule has 0 saturated carbocycles. The zero-order valence-electron chi connectivity index (χ0n) is 17.7. The Morgan fingerprint density at radius 3 is 2.71 bits per heavy atom. The van der Waals surface area contributed by atoms with Crippen molar-refractivity contribution in [1.29, 1.82) is 0 Å². The van der Waals surface area contributed by atoms with Crippen LogP contribution in [0.1, 0.15) is 31.4 Å². The van der Waals surface area contributed by atoms with Gasteiger partial charge in [-0.2, -0.15) is 0 Å². The minimum Gasteiger partial charge on any atom is -0.490 e. The van der Waals surface area contributed by atoms with Crippen molar-refractivity contribution in [3.63, 3.8) is 0 Å². The topological polar surface area (TPSA) is 72.6 Å². The van der Waals surface area contributed by atoms with Crippen molar-refractivity contribution in [2.45, 2.75) is 39.5 Å². The number of nitrogens with two attached hydrogens (primary N) is 1. The van der Waals surface area contributed by atoms with Crippen LogP contribution in [0.15, 0.2) is 48.7 Å². The van der Waals surface area contributed by atoms with E-state index in [-0.39, 0.29) is 13.5 Å². The third-order valence-electron chi connectivity index (χ3n) is 5.68. The maximum Gasteiger partial charge on any atom is 0.131 e. The highest BCUT2D eigenvalue weighted by atomic mass is 16.5. The van der Waals surface area contributed by atoms with E-state index >= 15 is 0 Å². The highest BCUT2D eigenvalue weighted by molar-refractivity contribution is 5.91. The lowest BCUT2D eigenvalue weighted by Gasteiger charge is -2.30.